The second-order valence-electron chi connectivity index (χ2n) is 11.4. The number of aliphatic hydroxyl groups excluding tert-OH is 2. The van der Waals surface area contributed by atoms with Crippen molar-refractivity contribution >= 4 is 0 Å². The van der Waals surface area contributed by atoms with Crippen molar-refractivity contribution < 1.29 is 20.1 Å². The van der Waals surface area contributed by atoms with E-state index in [1.54, 1.807) is 0 Å². The molecule has 188 valence electrons. The van der Waals surface area contributed by atoms with Gasteiger partial charge in [0.25, 0.3) is 0 Å². The Morgan fingerprint density at radius 3 is 2.55 bits per heavy atom. The molecular weight excluding hydrogens is 412 g/mol. The smallest absolute Gasteiger partial charge is 0.0811 e. The van der Waals surface area contributed by atoms with Crippen LogP contribution in [0.3, 0.4) is 0 Å². The van der Waals surface area contributed by atoms with Crippen molar-refractivity contribution in [2.45, 2.75) is 116 Å². The molecule has 0 bridgehead atoms. The summed E-state index contributed by atoms with van der Waals surface area (Å²) in [4.78, 5) is 0. The third-order valence-electron chi connectivity index (χ3n) is 9.62. The highest BCUT2D eigenvalue weighted by atomic mass is 16.5. The van der Waals surface area contributed by atoms with Gasteiger partial charge in [-0.25, -0.2) is 0 Å². The maximum Gasteiger partial charge on any atom is 0.0811 e. The van der Waals surface area contributed by atoms with Crippen LogP contribution in [-0.2, 0) is 4.74 Å². The fourth-order valence-corrected chi connectivity index (χ4v) is 7.03. The Labute approximate surface area is 201 Å². The highest BCUT2D eigenvalue weighted by Crippen LogP contribution is 2.58. The Hall–Kier alpha value is -0.940. The number of fused-ring (bicyclic) bond motifs is 1. The van der Waals surface area contributed by atoms with Crippen LogP contribution in [0.4, 0.5) is 0 Å². The SMILES string of the molecule is C=C1/C(=C\C=C2/CCC[C@]3(C)[C@@H]([C@@H](C)OCC(C)C(O)(CC)CC)CC[C@@H]23)C[C@@H](O)C[C@@H]1O. The predicted molar refractivity (Wildman–Crippen MR) is 135 cm³/mol. The third-order valence-corrected chi connectivity index (χ3v) is 9.62. The van der Waals surface area contributed by atoms with Crippen LogP contribution in [0, 0.1) is 23.2 Å². The number of ether oxygens (including phenoxy) is 1. The van der Waals surface area contributed by atoms with Crippen molar-refractivity contribution in [3.05, 3.63) is 35.5 Å². The molecule has 3 fully saturated rings. The molecule has 3 aliphatic rings. The van der Waals surface area contributed by atoms with E-state index in [0.29, 0.717) is 31.3 Å². The lowest BCUT2D eigenvalue weighted by molar-refractivity contribution is -0.0878. The second kappa shape index (κ2) is 10.8. The van der Waals surface area contributed by atoms with Gasteiger partial charge in [-0.3, -0.25) is 0 Å². The summed E-state index contributed by atoms with van der Waals surface area (Å²) in [5, 5.41) is 31.1. The summed E-state index contributed by atoms with van der Waals surface area (Å²) in [5.74, 6) is 1.21. The van der Waals surface area contributed by atoms with Crippen LogP contribution in [0.15, 0.2) is 35.5 Å². The normalized spacial score (nSPS) is 37.4. The van der Waals surface area contributed by atoms with Crippen molar-refractivity contribution in [3.8, 4) is 0 Å². The minimum absolute atomic E-state index is 0.127. The number of allylic oxidation sites excluding steroid dienone is 3. The molecule has 3 rings (SSSR count). The van der Waals surface area contributed by atoms with Gasteiger partial charge in [0, 0.05) is 12.3 Å². The average Bonchev–Trinajstić information content (AvgIpc) is 3.15. The van der Waals surface area contributed by atoms with E-state index in [1.165, 1.54) is 31.3 Å². The number of hydrogen-bond donors (Lipinski definition) is 3. The molecule has 0 spiro atoms. The van der Waals surface area contributed by atoms with Crippen LogP contribution < -0.4 is 0 Å². The first kappa shape index (κ1) is 26.7. The topological polar surface area (TPSA) is 69.9 Å². The quantitative estimate of drug-likeness (QED) is 0.433. The Bertz CT molecular complexity index is 749. The highest BCUT2D eigenvalue weighted by molar-refractivity contribution is 5.38. The van der Waals surface area contributed by atoms with Crippen molar-refractivity contribution in [2.75, 3.05) is 6.61 Å². The standard InChI is InChI=1S/C29H48O4/c1-7-29(32,8-2)19(3)18-33-21(5)25-13-14-26-22(10-9-15-28(25,26)6)11-12-23-16-24(30)17-27(31)20(23)4/h11-12,19,21,24-27,30-32H,4,7-10,13-18H2,1-3,5-6H3/b22-11+,23-12-/t19?,21-,24-,25-,26+,27+,28-/m1/s1. The van der Waals surface area contributed by atoms with Gasteiger partial charge in [0.2, 0.25) is 0 Å². The lowest BCUT2D eigenvalue weighted by atomic mass is 9.62. The summed E-state index contributed by atoms with van der Waals surface area (Å²) in [6, 6.07) is 0. The van der Waals surface area contributed by atoms with E-state index in [2.05, 4.69) is 53.3 Å². The van der Waals surface area contributed by atoms with Gasteiger partial charge in [0.15, 0.2) is 0 Å². The van der Waals surface area contributed by atoms with Crippen LogP contribution >= 0.6 is 0 Å². The molecule has 0 aliphatic heterocycles. The molecule has 7 atom stereocenters. The summed E-state index contributed by atoms with van der Waals surface area (Å²) < 4.78 is 6.42. The number of rotatable bonds is 8. The second-order valence-corrected chi connectivity index (χ2v) is 11.4. The molecule has 1 unspecified atom stereocenters. The Kier molecular flexibility index (Phi) is 8.70. The van der Waals surface area contributed by atoms with E-state index in [-0.39, 0.29) is 17.4 Å². The van der Waals surface area contributed by atoms with E-state index in [0.717, 1.165) is 30.4 Å². The molecule has 0 aromatic heterocycles. The first-order chi connectivity index (χ1) is 15.6. The lowest BCUT2D eigenvalue weighted by Crippen LogP contribution is -2.41. The Morgan fingerprint density at radius 1 is 1.18 bits per heavy atom. The molecule has 0 radical (unpaired) electrons. The van der Waals surface area contributed by atoms with Crippen molar-refractivity contribution in [2.24, 2.45) is 23.2 Å². The summed E-state index contributed by atoms with van der Waals surface area (Å²) in [5.41, 5.74) is 2.85. The maximum absolute atomic E-state index is 10.8. The molecule has 33 heavy (non-hydrogen) atoms. The molecule has 3 saturated carbocycles. The maximum atomic E-state index is 10.8. The molecule has 0 aromatic carbocycles. The molecule has 4 heteroatoms. The molecular formula is C29H48O4. The molecule has 3 aliphatic carbocycles. The van der Waals surface area contributed by atoms with Gasteiger partial charge < -0.3 is 20.1 Å². The van der Waals surface area contributed by atoms with Crippen LogP contribution in [0.25, 0.3) is 0 Å². The summed E-state index contributed by atoms with van der Waals surface area (Å²) in [6.45, 7) is 15.6. The minimum Gasteiger partial charge on any atom is -0.393 e. The largest absolute Gasteiger partial charge is 0.393 e. The van der Waals surface area contributed by atoms with Crippen molar-refractivity contribution in [1.82, 2.24) is 0 Å². The van der Waals surface area contributed by atoms with Gasteiger partial charge >= 0.3 is 0 Å². The van der Waals surface area contributed by atoms with Gasteiger partial charge in [-0.15, -0.1) is 0 Å². The summed E-state index contributed by atoms with van der Waals surface area (Å²) in [6.07, 6.45) is 11.9. The van der Waals surface area contributed by atoms with Crippen LogP contribution in [0.2, 0.25) is 0 Å². The minimum atomic E-state index is -0.639. The Balaban J connectivity index is 1.69. The zero-order valence-electron chi connectivity index (χ0n) is 21.6. The first-order valence-corrected chi connectivity index (χ1v) is 13.3. The zero-order chi connectivity index (χ0) is 24.4. The van der Waals surface area contributed by atoms with Gasteiger partial charge in [-0.05, 0) is 86.7 Å². The van der Waals surface area contributed by atoms with E-state index < -0.39 is 17.8 Å². The predicted octanol–water partition coefficient (Wildman–Crippen LogP) is 5.72. The number of hydrogen-bond acceptors (Lipinski definition) is 4. The fraction of sp³-hybridized carbons (Fsp3) is 0.793. The van der Waals surface area contributed by atoms with Crippen LogP contribution in [0.1, 0.15) is 92.4 Å². The molecule has 4 nitrogen and oxygen atoms in total. The monoisotopic (exact) mass is 460 g/mol. The molecule has 0 heterocycles. The van der Waals surface area contributed by atoms with E-state index in [4.69, 9.17) is 4.74 Å². The Morgan fingerprint density at radius 2 is 1.88 bits per heavy atom. The summed E-state index contributed by atoms with van der Waals surface area (Å²) >= 11 is 0. The fourth-order valence-electron chi connectivity index (χ4n) is 7.03. The van der Waals surface area contributed by atoms with Gasteiger partial charge in [-0.1, -0.05) is 52.0 Å². The number of aliphatic hydroxyl groups is 3. The van der Waals surface area contributed by atoms with Crippen LogP contribution in [-0.4, -0.2) is 45.8 Å². The highest BCUT2D eigenvalue weighted by Gasteiger charge is 2.51. The summed E-state index contributed by atoms with van der Waals surface area (Å²) in [7, 11) is 0. The van der Waals surface area contributed by atoms with Crippen LogP contribution in [0.5, 0.6) is 0 Å². The first-order valence-electron chi connectivity index (χ1n) is 13.3. The van der Waals surface area contributed by atoms with Gasteiger partial charge in [0.1, 0.15) is 0 Å². The zero-order valence-corrected chi connectivity index (χ0v) is 21.6. The lowest BCUT2D eigenvalue weighted by Gasteiger charge is -2.44. The third kappa shape index (κ3) is 5.50. The molecule has 3 N–H and O–H groups in total. The average molecular weight is 461 g/mol. The van der Waals surface area contributed by atoms with Gasteiger partial charge in [-0.2, -0.15) is 0 Å². The van der Waals surface area contributed by atoms with E-state index in [1.807, 2.05) is 0 Å². The van der Waals surface area contributed by atoms with E-state index in [9.17, 15) is 15.3 Å². The van der Waals surface area contributed by atoms with E-state index >= 15 is 0 Å². The van der Waals surface area contributed by atoms with Crippen molar-refractivity contribution in [1.29, 1.82) is 0 Å². The van der Waals surface area contributed by atoms with Crippen molar-refractivity contribution in [3.63, 3.8) is 0 Å². The molecule has 0 amide bonds. The molecule has 0 aromatic rings. The molecule has 0 saturated heterocycles. The van der Waals surface area contributed by atoms with Gasteiger partial charge in [0.05, 0.1) is 30.5 Å².